The molecule has 0 unspecified atom stereocenters. The second kappa shape index (κ2) is 3.00. The van der Waals surface area contributed by atoms with Gasteiger partial charge in [-0.15, -0.1) is 5.73 Å². The van der Waals surface area contributed by atoms with Crippen molar-refractivity contribution in [1.82, 2.24) is 0 Å². The van der Waals surface area contributed by atoms with E-state index in [1.807, 2.05) is 0 Å². The Morgan fingerprint density at radius 3 is 3.17 bits per heavy atom. The molecule has 0 fully saturated rings. The number of rotatable bonds is 0. The first-order chi connectivity index (χ1) is 5.88. The Morgan fingerprint density at radius 2 is 2.25 bits per heavy atom. The van der Waals surface area contributed by atoms with E-state index in [2.05, 4.69) is 43.0 Å². The van der Waals surface area contributed by atoms with Crippen molar-refractivity contribution >= 4 is 6.08 Å². The van der Waals surface area contributed by atoms with Crippen molar-refractivity contribution in [2.45, 2.75) is 19.8 Å². The SMILES string of the molecule is Cc1cccc2c1CCC=C=C2. The third-order valence-electron chi connectivity index (χ3n) is 2.34. The quantitative estimate of drug-likeness (QED) is 0.506. The molecule has 0 radical (unpaired) electrons. The second-order valence-corrected chi connectivity index (χ2v) is 3.20. The van der Waals surface area contributed by atoms with E-state index in [4.69, 9.17) is 0 Å². The smallest absolute Gasteiger partial charge is 0.0128 e. The topological polar surface area (TPSA) is 0 Å². The summed E-state index contributed by atoms with van der Waals surface area (Å²) in [6, 6.07) is 6.45. The minimum atomic E-state index is 1.12. The van der Waals surface area contributed by atoms with Gasteiger partial charge in [0.15, 0.2) is 0 Å². The van der Waals surface area contributed by atoms with Crippen LogP contribution in [-0.2, 0) is 6.42 Å². The van der Waals surface area contributed by atoms with E-state index in [0.717, 1.165) is 12.8 Å². The van der Waals surface area contributed by atoms with Gasteiger partial charge < -0.3 is 0 Å². The summed E-state index contributed by atoms with van der Waals surface area (Å²) in [7, 11) is 0. The highest BCUT2D eigenvalue weighted by atomic mass is 14.1. The molecule has 0 amide bonds. The highest BCUT2D eigenvalue weighted by Crippen LogP contribution is 2.19. The maximum Gasteiger partial charge on any atom is -0.0128 e. The van der Waals surface area contributed by atoms with Gasteiger partial charge in [-0.1, -0.05) is 18.2 Å². The maximum atomic E-state index is 3.18. The zero-order chi connectivity index (χ0) is 8.39. The van der Waals surface area contributed by atoms with Gasteiger partial charge in [0.05, 0.1) is 0 Å². The fraction of sp³-hybridized carbons (Fsp3) is 0.250. The van der Waals surface area contributed by atoms with Crippen LogP contribution in [0.4, 0.5) is 0 Å². The average Bonchev–Trinajstić information content (AvgIpc) is 2.30. The van der Waals surface area contributed by atoms with Gasteiger partial charge in [0.25, 0.3) is 0 Å². The van der Waals surface area contributed by atoms with Crippen LogP contribution in [0.25, 0.3) is 6.08 Å². The van der Waals surface area contributed by atoms with Gasteiger partial charge in [0, 0.05) is 0 Å². The van der Waals surface area contributed by atoms with E-state index >= 15 is 0 Å². The first kappa shape index (κ1) is 7.39. The Labute approximate surface area is 73.2 Å². The van der Waals surface area contributed by atoms with Crippen LogP contribution in [0.5, 0.6) is 0 Å². The molecule has 12 heavy (non-hydrogen) atoms. The van der Waals surface area contributed by atoms with Crippen LogP contribution >= 0.6 is 0 Å². The van der Waals surface area contributed by atoms with E-state index in [1.165, 1.54) is 16.7 Å². The molecule has 0 saturated heterocycles. The summed E-state index contributed by atoms with van der Waals surface area (Å²) >= 11 is 0. The Bertz CT molecular complexity index is 352. The van der Waals surface area contributed by atoms with Gasteiger partial charge in [-0.05, 0) is 48.6 Å². The Kier molecular flexibility index (Phi) is 1.85. The highest BCUT2D eigenvalue weighted by molar-refractivity contribution is 5.56. The highest BCUT2D eigenvalue weighted by Gasteiger charge is 2.03. The lowest BCUT2D eigenvalue weighted by Gasteiger charge is -2.06. The molecule has 1 aliphatic rings. The van der Waals surface area contributed by atoms with Gasteiger partial charge >= 0.3 is 0 Å². The summed E-state index contributed by atoms with van der Waals surface area (Å²) in [5, 5.41) is 0. The van der Waals surface area contributed by atoms with Gasteiger partial charge in [-0.3, -0.25) is 0 Å². The van der Waals surface area contributed by atoms with Crippen molar-refractivity contribution in [2.75, 3.05) is 0 Å². The predicted molar refractivity (Wildman–Crippen MR) is 52.0 cm³/mol. The summed E-state index contributed by atoms with van der Waals surface area (Å²) in [4.78, 5) is 0. The molecule has 0 spiro atoms. The monoisotopic (exact) mass is 156 g/mol. The van der Waals surface area contributed by atoms with Gasteiger partial charge in [0.2, 0.25) is 0 Å². The standard InChI is InChI=1S/C12H12/c1-10-6-5-8-11-7-3-2-4-9-12(10)11/h2,5-8H,4,9H2,1H3. The summed E-state index contributed by atoms with van der Waals surface area (Å²) in [6.45, 7) is 2.18. The van der Waals surface area contributed by atoms with E-state index in [9.17, 15) is 0 Å². The van der Waals surface area contributed by atoms with E-state index < -0.39 is 0 Å². The van der Waals surface area contributed by atoms with Crippen LogP contribution in [0.3, 0.4) is 0 Å². The maximum absolute atomic E-state index is 3.18. The lowest BCUT2D eigenvalue weighted by atomic mass is 9.99. The lowest BCUT2D eigenvalue weighted by molar-refractivity contribution is 0.990. The predicted octanol–water partition coefficient (Wildman–Crippen LogP) is 3.11. The molecular weight excluding hydrogens is 144 g/mol. The average molecular weight is 156 g/mol. The van der Waals surface area contributed by atoms with E-state index in [1.54, 1.807) is 0 Å². The molecule has 0 aliphatic heterocycles. The Balaban J connectivity index is 2.61. The molecule has 0 aromatic heterocycles. The molecule has 0 saturated carbocycles. The van der Waals surface area contributed by atoms with Crippen molar-refractivity contribution in [3.63, 3.8) is 0 Å². The molecule has 0 atom stereocenters. The van der Waals surface area contributed by atoms with Crippen LogP contribution in [0.2, 0.25) is 0 Å². The molecule has 1 aromatic carbocycles. The molecule has 2 rings (SSSR count). The van der Waals surface area contributed by atoms with Gasteiger partial charge in [0.1, 0.15) is 0 Å². The first-order valence-corrected chi connectivity index (χ1v) is 4.37. The van der Waals surface area contributed by atoms with E-state index in [0.29, 0.717) is 0 Å². The Hall–Kier alpha value is -1.26. The summed E-state index contributed by atoms with van der Waals surface area (Å²) in [5.74, 6) is 0. The molecule has 1 aromatic rings. The van der Waals surface area contributed by atoms with Crippen LogP contribution in [-0.4, -0.2) is 0 Å². The number of hydrogen-bond acceptors (Lipinski definition) is 0. The zero-order valence-corrected chi connectivity index (χ0v) is 7.30. The summed E-state index contributed by atoms with van der Waals surface area (Å²) in [6.07, 6.45) is 6.47. The number of allylic oxidation sites excluding steroid dienone is 1. The van der Waals surface area contributed by atoms with Crippen LogP contribution in [0.15, 0.2) is 30.0 Å². The van der Waals surface area contributed by atoms with E-state index in [-0.39, 0.29) is 0 Å². The van der Waals surface area contributed by atoms with Crippen molar-refractivity contribution in [3.05, 3.63) is 46.7 Å². The zero-order valence-electron chi connectivity index (χ0n) is 7.30. The first-order valence-electron chi connectivity index (χ1n) is 4.37. The van der Waals surface area contributed by atoms with Crippen molar-refractivity contribution in [2.24, 2.45) is 0 Å². The summed E-state index contributed by atoms with van der Waals surface area (Å²) < 4.78 is 0. The lowest BCUT2D eigenvalue weighted by Crippen LogP contribution is -1.91. The minimum absolute atomic E-state index is 1.12. The molecular formula is C12H12. The largest absolute Gasteiger partial charge is 0.125 e. The number of benzene rings is 1. The van der Waals surface area contributed by atoms with Crippen LogP contribution < -0.4 is 0 Å². The molecule has 0 N–H and O–H groups in total. The second-order valence-electron chi connectivity index (χ2n) is 3.20. The number of fused-ring (bicyclic) bond motifs is 1. The Morgan fingerprint density at radius 1 is 1.33 bits per heavy atom. The number of hydrogen-bond donors (Lipinski definition) is 0. The molecule has 60 valence electrons. The molecule has 0 heteroatoms. The normalized spacial score (nSPS) is 14.1. The van der Waals surface area contributed by atoms with Gasteiger partial charge in [-0.25, -0.2) is 0 Å². The molecule has 0 nitrogen and oxygen atoms in total. The third-order valence-corrected chi connectivity index (χ3v) is 2.34. The van der Waals surface area contributed by atoms with Crippen molar-refractivity contribution in [3.8, 4) is 0 Å². The van der Waals surface area contributed by atoms with Crippen molar-refractivity contribution < 1.29 is 0 Å². The summed E-state index contributed by atoms with van der Waals surface area (Å²) in [5.41, 5.74) is 7.41. The molecule has 0 bridgehead atoms. The fourth-order valence-corrected chi connectivity index (χ4v) is 1.65. The van der Waals surface area contributed by atoms with Gasteiger partial charge in [-0.2, -0.15) is 0 Å². The van der Waals surface area contributed by atoms with Crippen LogP contribution in [0.1, 0.15) is 23.1 Å². The third kappa shape index (κ3) is 1.22. The van der Waals surface area contributed by atoms with Crippen LogP contribution in [0, 0.1) is 6.92 Å². The number of aryl methyl sites for hydroxylation is 1. The molecule has 0 heterocycles. The molecule has 1 aliphatic carbocycles. The fourth-order valence-electron chi connectivity index (χ4n) is 1.65. The van der Waals surface area contributed by atoms with Crippen molar-refractivity contribution in [1.29, 1.82) is 0 Å². The minimum Gasteiger partial charge on any atom is -0.125 e.